The Balaban J connectivity index is 1.31. The first-order valence-corrected chi connectivity index (χ1v) is 14.2. The standard InChI is InChI=1S/C31H37NO3S/c1-31(24-9-11-25(33)12-10-24)22-36-29-21-26(34)13-16-28(29)30(31)23-7-14-27(15-8-23)35-20-6-5-19-32-17-3-2-4-18-32/h7-16,21,30,33-34H,2-6,17-20,22H2,1H3/t30?,31-/m1/s1. The van der Waals surface area contributed by atoms with Crippen LogP contribution in [0, 0.1) is 0 Å². The van der Waals surface area contributed by atoms with E-state index in [0.29, 0.717) is 5.75 Å². The number of nitrogens with zero attached hydrogens (tertiary/aromatic N) is 1. The number of piperidine rings is 1. The number of unbranched alkanes of at least 4 members (excludes halogenated alkanes) is 1. The highest BCUT2D eigenvalue weighted by molar-refractivity contribution is 7.99. The van der Waals surface area contributed by atoms with Crippen LogP contribution in [0.5, 0.6) is 17.2 Å². The minimum atomic E-state index is -0.167. The lowest BCUT2D eigenvalue weighted by Crippen LogP contribution is -2.36. The summed E-state index contributed by atoms with van der Waals surface area (Å²) >= 11 is 1.79. The van der Waals surface area contributed by atoms with E-state index in [1.807, 2.05) is 18.2 Å². The SMILES string of the molecule is C[C@]1(c2ccc(O)cc2)CSc2cc(O)ccc2C1c1ccc(OCCCCN2CCCCC2)cc1. The number of likely N-dealkylation sites (tertiary alicyclic amines) is 1. The molecule has 2 aliphatic heterocycles. The zero-order valence-corrected chi connectivity index (χ0v) is 22.0. The third kappa shape index (κ3) is 5.52. The monoisotopic (exact) mass is 503 g/mol. The van der Waals surface area contributed by atoms with Crippen LogP contribution in [0.1, 0.15) is 61.6 Å². The zero-order valence-electron chi connectivity index (χ0n) is 21.2. The van der Waals surface area contributed by atoms with Gasteiger partial charge in [0.25, 0.3) is 0 Å². The first kappa shape index (κ1) is 25.0. The number of hydrogen-bond donors (Lipinski definition) is 2. The van der Waals surface area contributed by atoms with Crippen LogP contribution < -0.4 is 4.74 Å². The predicted octanol–water partition coefficient (Wildman–Crippen LogP) is 6.94. The lowest BCUT2D eigenvalue weighted by atomic mass is 9.67. The van der Waals surface area contributed by atoms with E-state index in [0.717, 1.165) is 29.4 Å². The molecule has 1 unspecified atom stereocenters. The highest BCUT2D eigenvalue weighted by atomic mass is 32.2. The zero-order chi connectivity index (χ0) is 25.0. The smallest absolute Gasteiger partial charge is 0.119 e. The van der Waals surface area contributed by atoms with Crippen LogP contribution in [0.25, 0.3) is 0 Å². The molecule has 3 aromatic carbocycles. The van der Waals surface area contributed by atoms with Gasteiger partial charge in [0.05, 0.1) is 6.61 Å². The van der Waals surface area contributed by atoms with E-state index in [1.165, 1.54) is 62.0 Å². The minimum Gasteiger partial charge on any atom is -0.508 e. The van der Waals surface area contributed by atoms with Gasteiger partial charge >= 0.3 is 0 Å². The predicted molar refractivity (Wildman–Crippen MR) is 148 cm³/mol. The first-order valence-electron chi connectivity index (χ1n) is 13.2. The molecule has 2 N–H and O–H groups in total. The van der Waals surface area contributed by atoms with Gasteiger partial charge in [-0.1, -0.05) is 43.7 Å². The Labute approximate surface area is 219 Å². The summed E-state index contributed by atoms with van der Waals surface area (Å²) in [6.07, 6.45) is 6.34. The van der Waals surface area contributed by atoms with Crippen molar-refractivity contribution in [3.05, 3.63) is 83.4 Å². The van der Waals surface area contributed by atoms with Crippen molar-refractivity contribution in [2.24, 2.45) is 0 Å². The normalized spacial score (nSPS) is 22.2. The topological polar surface area (TPSA) is 52.9 Å². The molecule has 0 spiro atoms. The highest BCUT2D eigenvalue weighted by Crippen LogP contribution is 2.53. The van der Waals surface area contributed by atoms with Crippen LogP contribution in [-0.4, -0.2) is 47.1 Å². The number of fused-ring (bicyclic) bond motifs is 1. The maximum absolute atomic E-state index is 10.1. The number of aromatic hydroxyl groups is 2. The molecule has 5 heteroatoms. The molecule has 0 aliphatic carbocycles. The molecule has 2 atom stereocenters. The Bertz CT molecular complexity index is 1140. The van der Waals surface area contributed by atoms with Crippen molar-refractivity contribution in [1.29, 1.82) is 0 Å². The molecule has 36 heavy (non-hydrogen) atoms. The van der Waals surface area contributed by atoms with E-state index in [1.54, 1.807) is 30.0 Å². The Morgan fingerprint density at radius 1 is 0.889 bits per heavy atom. The molecule has 1 fully saturated rings. The highest BCUT2D eigenvalue weighted by Gasteiger charge is 2.42. The van der Waals surface area contributed by atoms with Crippen molar-refractivity contribution in [2.75, 3.05) is 32.0 Å². The van der Waals surface area contributed by atoms with Gasteiger partial charge in [-0.05, 0) is 98.4 Å². The maximum atomic E-state index is 10.1. The van der Waals surface area contributed by atoms with Crippen LogP contribution in [-0.2, 0) is 5.41 Å². The summed E-state index contributed by atoms with van der Waals surface area (Å²) in [5.74, 6) is 2.51. The summed E-state index contributed by atoms with van der Waals surface area (Å²) in [6, 6.07) is 21.9. The number of thioether (sulfide) groups is 1. The third-order valence-electron chi connectivity index (χ3n) is 7.80. The van der Waals surface area contributed by atoms with Gasteiger partial charge in [0.15, 0.2) is 0 Å². The average molecular weight is 504 g/mol. The summed E-state index contributed by atoms with van der Waals surface area (Å²) in [4.78, 5) is 3.72. The van der Waals surface area contributed by atoms with Crippen molar-refractivity contribution in [3.8, 4) is 17.2 Å². The number of hydrogen-bond acceptors (Lipinski definition) is 5. The Morgan fingerprint density at radius 2 is 1.61 bits per heavy atom. The Morgan fingerprint density at radius 3 is 2.36 bits per heavy atom. The van der Waals surface area contributed by atoms with E-state index in [-0.39, 0.29) is 17.1 Å². The molecule has 2 heterocycles. The van der Waals surface area contributed by atoms with E-state index < -0.39 is 0 Å². The summed E-state index contributed by atoms with van der Waals surface area (Å²) in [5.41, 5.74) is 3.49. The summed E-state index contributed by atoms with van der Waals surface area (Å²) in [5, 5.41) is 20.0. The average Bonchev–Trinajstić information content (AvgIpc) is 2.90. The van der Waals surface area contributed by atoms with Crippen molar-refractivity contribution < 1.29 is 14.9 Å². The molecular formula is C31H37NO3S. The van der Waals surface area contributed by atoms with Gasteiger partial charge < -0.3 is 19.8 Å². The summed E-state index contributed by atoms with van der Waals surface area (Å²) in [7, 11) is 0. The maximum Gasteiger partial charge on any atom is 0.119 e. The molecule has 0 saturated carbocycles. The summed E-state index contributed by atoms with van der Waals surface area (Å²) < 4.78 is 6.09. The molecule has 0 aromatic heterocycles. The fraction of sp³-hybridized carbons (Fsp3) is 0.419. The van der Waals surface area contributed by atoms with Crippen molar-refractivity contribution in [2.45, 2.75) is 55.3 Å². The van der Waals surface area contributed by atoms with Crippen LogP contribution in [0.2, 0.25) is 0 Å². The molecule has 190 valence electrons. The van der Waals surface area contributed by atoms with E-state index in [9.17, 15) is 10.2 Å². The van der Waals surface area contributed by atoms with Gasteiger partial charge in [-0.15, -0.1) is 11.8 Å². The largest absolute Gasteiger partial charge is 0.508 e. The molecule has 0 amide bonds. The number of benzene rings is 3. The fourth-order valence-corrected chi connectivity index (χ4v) is 7.09. The number of phenols is 2. The van der Waals surface area contributed by atoms with Crippen LogP contribution in [0.15, 0.2) is 71.6 Å². The fourth-order valence-electron chi connectivity index (χ4n) is 5.75. The van der Waals surface area contributed by atoms with Crippen LogP contribution in [0.4, 0.5) is 0 Å². The molecule has 5 rings (SSSR count). The van der Waals surface area contributed by atoms with Gasteiger partial charge in [0.2, 0.25) is 0 Å². The number of ether oxygens (including phenoxy) is 1. The molecule has 1 saturated heterocycles. The Kier molecular flexibility index (Phi) is 7.78. The molecule has 0 bridgehead atoms. The Hall–Kier alpha value is -2.63. The number of rotatable bonds is 8. The molecule has 2 aliphatic rings. The summed E-state index contributed by atoms with van der Waals surface area (Å²) in [6.45, 7) is 6.76. The second-order valence-corrected chi connectivity index (χ2v) is 11.5. The quantitative estimate of drug-likeness (QED) is 0.326. The molecule has 3 aromatic rings. The van der Waals surface area contributed by atoms with Crippen molar-refractivity contribution >= 4 is 11.8 Å². The minimum absolute atomic E-state index is 0.123. The molecular weight excluding hydrogens is 466 g/mol. The molecule has 4 nitrogen and oxygen atoms in total. The first-order chi connectivity index (χ1) is 17.5. The van der Waals surface area contributed by atoms with Gasteiger partial charge in [0.1, 0.15) is 17.2 Å². The lowest BCUT2D eigenvalue weighted by molar-refractivity contribution is 0.216. The lowest BCUT2D eigenvalue weighted by Gasteiger charge is -2.43. The third-order valence-corrected chi connectivity index (χ3v) is 9.21. The second-order valence-electron chi connectivity index (χ2n) is 10.4. The second kappa shape index (κ2) is 11.2. The van der Waals surface area contributed by atoms with Crippen molar-refractivity contribution in [3.63, 3.8) is 0 Å². The molecule has 0 radical (unpaired) electrons. The van der Waals surface area contributed by atoms with Gasteiger partial charge in [0, 0.05) is 22.0 Å². The van der Waals surface area contributed by atoms with E-state index >= 15 is 0 Å². The van der Waals surface area contributed by atoms with Crippen LogP contribution in [0.3, 0.4) is 0 Å². The van der Waals surface area contributed by atoms with Crippen molar-refractivity contribution in [1.82, 2.24) is 4.90 Å². The van der Waals surface area contributed by atoms with Crippen LogP contribution >= 0.6 is 11.8 Å². The van der Waals surface area contributed by atoms with E-state index in [4.69, 9.17) is 4.74 Å². The van der Waals surface area contributed by atoms with Gasteiger partial charge in [-0.3, -0.25) is 0 Å². The van der Waals surface area contributed by atoms with Gasteiger partial charge in [-0.25, -0.2) is 0 Å². The number of phenolic OH excluding ortho intramolecular Hbond substituents is 2. The van der Waals surface area contributed by atoms with E-state index in [2.05, 4.69) is 42.2 Å². The van der Waals surface area contributed by atoms with Gasteiger partial charge in [-0.2, -0.15) is 0 Å².